The molecule has 0 aromatic carbocycles. The number of allylic oxidation sites excluding steroid dienone is 2. The summed E-state index contributed by atoms with van der Waals surface area (Å²) in [6.07, 6.45) is 12.0. The summed E-state index contributed by atoms with van der Waals surface area (Å²) in [5.41, 5.74) is 2.22. The fourth-order valence-corrected chi connectivity index (χ4v) is 9.14. The maximum Gasteiger partial charge on any atom is 0.306 e. The number of fused-ring (bicyclic) bond motifs is 6. The summed E-state index contributed by atoms with van der Waals surface area (Å²) in [7, 11) is 0. The molecule has 4 fully saturated rings. The van der Waals surface area contributed by atoms with E-state index >= 15 is 0 Å². The van der Waals surface area contributed by atoms with Gasteiger partial charge in [0.2, 0.25) is 0 Å². The van der Waals surface area contributed by atoms with Gasteiger partial charge < -0.3 is 4.74 Å². The van der Waals surface area contributed by atoms with Crippen molar-refractivity contribution in [1.82, 2.24) is 0 Å². The molecule has 0 amide bonds. The van der Waals surface area contributed by atoms with Crippen molar-refractivity contribution in [3.8, 4) is 0 Å². The quantitative estimate of drug-likeness (QED) is 0.377. The lowest BCUT2D eigenvalue weighted by Gasteiger charge is -2.63. The summed E-state index contributed by atoms with van der Waals surface area (Å²) in [5.74, 6) is 4.58. The number of rotatable bonds is 0. The van der Waals surface area contributed by atoms with Crippen molar-refractivity contribution in [2.75, 3.05) is 0 Å². The molecule has 0 radical (unpaired) electrons. The number of carbonyl (C=O) groups excluding carboxylic acids is 1. The minimum atomic E-state index is -0.153. The van der Waals surface area contributed by atoms with Crippen LogP contribution in [0, 0.1) is 46.3 Å². The van der Waals surface area contributed by atoms with Crippen LogP contribution < -0.4 is 0 Å². The second-order valence-electron chi connectivity index (χ2n) is 11.6. The van der Waals surface area contributed by atoms with E-state index in [9.17, 15) is 4.79 Å². The van der Waals surface area contributed by atoms with Gasteiger partial charge in [0.25, 0.3) is 0 Å². The third-order valence-electron chi connectivity index (χ3n) is 10.3. The number of esters is 1. The predicted molar refractivity (Wildman–Crippen MR) is 108 cm³/mol. The molecule has 4 aliphatic carbocycles. The molecule has 3 saturated carbocycles. The fourth-order valence-electron chi connectivity index (χ4n) is 9.14. The molecule has 2 unspecified atom stereocenters. The van der Waals surface area contributed by atoms with Crippen LogP contribution >= 0.6 is 0 Å². The number of hydrogen-bond donors (Lipinski definition) is 0. The minimum absolute atomic E-state index is 0.0544. The highest BCUT2D eigenvalue weighted by atomic mass is 16.6. The first kappa shape index (κ1) is 18.3. The molecule has 1 saturated heterocycles. The van der Waals surface area contributed by atoms with E-state index in [-0.39, 0.29) is 17.0 Å². The van der Waals surface area contributed by atoms with Crippen molar-refractivity contribution in [3.05, 3.63) is 11.6 Å². The molecule has 0 N–H and O–H groups in total. The first-order valence-electron chi connectivity index (χ1n) is 11.6. The smallest absolute Gasteiger partial charge is 0.306 e. The molecule has 150 valence electrons. The highest BCUT2D eigenvalue weighted by Crippen LogP contribution is 2.71. The lowest BCUT2D eigenvalue weighted by atomic mass is 9.42. The summed E-state index contributed by atoms with van der Waals surface area (Å²) in [6, 6.07) is 0. The van der Waals surface area contributed by atoms with Gasteiger partial charge in [-0.1, -0.05) is 46.3 Å². The van der Waals surface area contributed by atoms with Gasteiger partial charge in [-0.05, 0) is 85.9 Å². The highest BCUT2D eigenvalue weighted by Gasteiger charge is 2.68. The average Bonchev–Trinajstić information content (AvgIpc) is 3.10. The van der Waals surface area contributed by atoms with Crippen molar-refractivity contribution in [3.63, 3.8) is 0 Å². The Bertz CT molecular complexity index is 694. The maximum absolute atomic E-state index is 12.1. The second kappa shape index (κ2) is 5.63. The molecule has 0 aromatic heterocycles. The van der Waals surface area contributed by atoms with Crippen molar-refractivity contribution in [1.29, 1.82) is 0 Å². The monoisotopic (exact) mass is 370 g/mol. The van der Waals surface area contributed by atoms with Crippen LogP contribution in [-0.2, 0) is 9.53 Å². The van der Waals surface area contributed by atoms with Gasteiger partial charge in [0, 0.05) is 11.8 Å². The molecular formula is C25H38O2. The second-order valence-corrected chi connectivity index (χ2v) is 11.6. The third-order valence-corrected chi connectivity index (χ3v) is 10.3. The van der Waals surface area contributed by atoms with Gasteiger partial charge in [0.05, 0.1) is 0 Å². The molecule has 1 spiro atoms. The van der Waals surface area contributed by atoms with E-state index in [1.54, 1.807) is 5.57 Å². The molecule has 0 aromatic rings. The molecule has 27 heavy (non-hydrogen) atoms. The summed E-state index contributed by atoms with van der Waals surface area (Å²) < 4.78 is 6.14. The first-order chi connectivity index (χ1) is 12.7. The lowest BCUT2D eigenvalue weighted by Crippen LogP contribution is -2.58. The highest BCUT2D eigenvalue weighted by molar-refractivity contribution is 5.72. The zero-order valence-corrected chi connectivity index (χ0v) is 18.0. The van der Waals surface area contributed by atoms with Crippen LogP contribution in [0.15, 0.2) is 11.6 Å². The number of ether oxygens (including phenoxy) is 1. The Balaban J connectivity index is 1.57. The fraction of sp³-hybridized carbons (Fsp3) is 0.880. The Morgan fingerprint density at radius 2 is 1.85 bits per heavy atom. The average molecular weight is 371 g/mol. The van der Waals surface area contributed by atoms with Crippen molar-refractivity contribution >= 4 is 5.97 Å². The predicted octanol–water partition coefficient (Wildman–Crippen LogP) is 6.15. The molecule has 5 aliphatic rings. The van der Waals surface area contributed by atoms with E-state index in [1.165, 1.54) is 32.1 Å². The van der Waals surface area contributed by atoms with Gasteiger partial charge in [-0.25, -0.2) is 0 Å². The van der Waals surface area contributed by atoms with E-state index in [0.29, 0.717) is 23.7 Å². The van der Waals surface area contributed by atoms with Crippen LogP contribution in [0.2, 0.25) is 0 Å². The molecule has 1 aliphatic heterocycles. The van der Waals surface area contributed by atoms with Crippen molar-refractivity contribution < 1.29 is 9.53 Å². The third kappa shape index (κ3) is 2.22. The standard InChI is InChI=1S/C25H38O2/c1-15-6-9-23(4)18(12-15)13-16(2)21-19-7-10-25(11-8-20(26)27-25)24(19,5)14-17(3)22(21)23/h13,15-17,19,21-22H,6-12,14H2,1-5H3/t15-,16-,17+,19?,21-,22-,23-,24-,25?/m0/s1. The molecule has 9 atom stereocenters. The van der Waals surface area contributed by atoms with Crippen LogP contribution in [0.4, 0.5) is 0 Å². The van der Waals surface area contributed by atoms with E-state index in [2.05, 4.69) is 40.7 Å². The summed E-state index contributed by atoms with van der Waals surface area (Å²) in [6.45, 7) is 12.6. The normalized spacial score (nSPS) is 56.9. The van der Waals surface area contributed by atoms with Crippen molar-refractivity contribution in [2.45, 2.75) is 91.6 Å². The number of hydrogen-bond acceptors (Lipinski definition) is 2. The van der Waals surface area contributed by atoms with Gasteiger partial charge in [-0.15, -0.1) is 0 Å². The van der Waals surface area contributed by atoms with Crippen LogP contribution in [0.5, 0.6) is 0 Å². The Morgan fingerprint density at radius 3 is 2.56 bits per heavy atom. The van der Waals surface area contributed by atoms with E-state index < -0.39 is 0 Å². The number of carbonyl (C=O) groups is 1. The maximum atomic E-state index is 12.1. The lowest BCUT2D eigenvalue weighted by molar-refractivity contribution is -0.175. The minimum Gasteiger partial charge on any atom is -0.458 e. The van der Waals surface area contributed by atoms with Crippen LogP contribution in [0.1, 0.15) is 86.0 Å². The Kier molecular flexibility index (Phi) is 3.81. The molecular weight excluding hydrogens is 332 g/mol. The van der Waals surface area contributed by atoms with E-state index in [4.69, 9.17) is 4.74 Å². The van der Waals surface area contributed by atoms with Crippen LogP contribution in [0.25, 0.3) is 0 Å². The van der Waals surface area contributed by atoms with Crippen LogP contribution in [0.3, 0.4) is 0 Å². The summed E-state index contributed by atoms with van der Waals surface area (Å²) >= 11 is 0. The summed E-state index contributed by atoms with van der Waals surface area (Å²) in [4.78, 5) is 12.1. The van der Waals surface area contributed by atoms with Crippen LogP contribution in [-0.4, -0.2) is 11.6 Å². The zero-order chi connectivity index (χ0) is 19.2. The van der Waals surface area contributed by atoms with E-state index in [1.807, 2.05) is 0 Å². The van der Waals surface area contributed by atoms with Gasteiger partial charge in [-0.2, -0.15) is 0 Å². The van der Waals surface area contributed by atoms with Gasteiger partial charge in [-0.3, -0.25) is 4.79 Å². The Hall–Kier alpha value is -0.790. The Labute approximate surface area is 165 Å². The Morgan fingerprint density at radius 1 is 1.07 bits per heavy atom. The first-order valence-corrected chi connectivity index (χ1v) is 11.6. The van der Waals surface area contributed by atoms with Gasteiger partial charge in [0.1, 0.15) is 5.60 Å². The van der Waals surface area contributed by atoms with E-state index in [0.717, 1.165) is 36.5 Å². The van der Waals surface area contributed by atoms with Crippen molar-refractivity contribution in [2.24, 2.45) is 46.3 Å². The molecule has 2 heteroatoms. The molecule has 2 nitrogen and oxygen atoms in total. The molecule has 5 rings (SSSR count). The molecule has 0 bridgehead atoms. The summed E-state index contributed by atoms with van der Waals surface area (Å²) in [5, 5.41) is 0. The molecule has 1 heterocycles. The SMILES string of the molecule is C[C@H]1CC[C@@]2(C)C(=C[C@H](C)[C@H]3C4CCC5(CCC(=O)O5)[C@@]4(C)C[C@@H](C)[C@@H]32)C1. The van der Waals surface area contributed by atoms with Gasteiger partial charge >= 0.3 is 5.97 Å². The topological polar surface area (TPSA) is 26.3 Å². The largest absolute Gasteiger partial charge is 0.458 e. The zero-order valence-electron chi connectivity index (χ0n) is 18.0. The van der Waals surface area contributed by atoms with Gasteiger partial charge in [0.15, 0.2) is 0 Å².